The van der Waals surface area contributed by atoms with Gasteiger partial charge >= 0.3 is 0 Å². The first-order valence-electron chi connectivity index (χ1n) is 8.78. The van der Waals surface area contributed by atoms with Gasteiger partial charge in [0.1, 0.15) is 16.5 Å². The molecule has 0 heterocycles. The minimum atomic E-state index is -4.02. The van der Waals surface area contributed by atoms with Crippen molar-refractivity contribution in [3.8, 4) is 5.75 Å². The highest BCUT2D eigenvalue weighted by atomic mass is 35.5. The molecule has 0 aliphatic heterocycles. The third kappa shape index (κ3) is 5.28. The molecule has 6 nitrogen and oxygen atoms in total. The second-order valence-corrected chi connectivity index (χ2v) is 8.38. The first-order chi connectivity index (χ1) is 14.3. The first kappa shape index (κ1) is 21.6. The maximum absolute atomic E-state index is 13.7. The zero-order valence-corrected chi connectivity index (χ0v) is 17.4. The summed E-state index contributed by atoms with van der Waals surface area (Å²) in [7, 11) is -2.68. The summed E-state index contributed by atoms with van der Waals surface area (Å²) >= 11 is 5.82. The number of ether oxygens (including phenoxy) is 1. The van der Waals surface area contributed by atoms with Crippen LogP contribution in [0, 0.1) is 5.82 Å². The smallest absolute Gasteiger partial charge is 0.265 e. The first-order valence-corrected chi connectivity index (χ1v) is 10.6. The van der Waals surface area contributed by atoms with Gasteiger partial charge < -0.3 is 10.1 Å². The number of nitrogens with one attached hydrogen (secondary N) is 2. The Morgan fingerprint density at radius 2 is 1.70 bits per heavy atom. The Labute approximate surface area is 178 Å². The molecule has 9 heteroatoms. The molecule has 0 radical (unpaired) electrons. The summed E-state index contributed by atoms with van der Waals surface area (Å²) in [5, 5.41) is 3.05. The Balaban J connectivity index is 1.83. The van der Waals surface area contributed by atoms with Gasteiger partial charge in [-0.15, -0.1) is 0 Å². The number of amides is 1. The van der Waals surface area contributed by atoms with Crippen molar-refractivity contribution in [3.63, 3.8) is 0 Å². The molecule has 0 aromatic heterocycles. The predicted molar refractivity (Wildman–Crippen MR) is 114 cm³/mol. The highest BCUT2D eigenvalue weighted by Gasteiger charge is 2.21. The fourth-order valence-corrected chi connectivity index (χ4v) is 4.09. The second-order valence-electron chi connectivity index (χ2n) is 6.29. The van der Waals surface area contributed by atoms with Gasteiger partial charge in [0.15, 0.2) is 0 Å². The van der Waals surface area contributed by atoms with Gasteiger partial charge in [-0.2, -0.15) is 0 Å². The van der Waals surface area contributed by atoms with E-state index in [1.807, 2.05) is 0 Å². The van der Waals surface area contributed by atoms with E-state index in [9.17, 15) is 17.6 Å². The van der Waals surface area contributed by atoms with Crippen LogP contribution in [0.25, 0.3) is 0 Å². The molecular formula is C21H18ClFN2O4S. The number of carbonyl (C=O) groups is 1. The minimum Gasteiger partial charge on any atom is -0.495 e. The Bertz CT molecular complexity index is 1170. The van der Waals surface area contributed by atoms with Crippen molar-refractivity contribution in [2.45, 2.75) is 11.3 Å². The van der Waals surface area contributed by atoms with Crippen LogP contribution in [-0.4, -0.2) is 21.4 Å². The molecule has 0 aliphatic carbocycles. The van der Waals surface area contributed by atoms with Gasteiger partial charge in [-0.1, -0.05) is 29.8 Å². The van der Waals surface area contributed by atoms with Crippen LogP contribution in [-0.2, 0) is 21.2 Å². The van der Waals surface area contributed by atoms with Crippen LogP contribution < -0.4 is 14.8 Å². The van der Waals surface area contributed by atoms with Crippen molar-refractivity contribution in [1.29, 1.82) is 0 Å². The monoisotopic (exact) mass is 448 g/mol. The summed E-state index contributed by atoms with van der Waals surface area (Å²) < 4.78 is 47.0. The van der Waals surface area contributed by atoms with Crippen LogP contribution in [0.1, 0.15) is 5.56 Å². The van der Waals surface area contributed by atoms with Crippen molar-refractivity contribution in [2.75, 3.05) is 17.1 Å². The van der Waals surface area contributed by atoms with E-state index in [1.165, 1.54) is 55.6 Å². The van der Waals surface area contributed by atoms with Crippen LogP contribution in [0.2, 0.25) is 5.02 Å². The highest BCUT2D eigenvalue weighted by molar-refractivity contribution is 7.92. The van der Waals surface area contributed by atoms with Crippen LogP contribution in [0.3, 0.4) is 0 Å². The normalized spacial score (nSPS) is 11.0. The molecule has 156 valence electrons. The zero-order valence-electron chi connectivity index (χ0n) is 15.9. The summed E-state index contributed by atoms with van der Waals surface area (Å²) in [4.78, 5) is 12.1. The minimum absolute atomic E-state index is 0.101. The highest BCUT2D eigenvalue weighted by Crippen LogP contribution is 2.29. The number of carbonyl (C=O) groups excluding carboxylic acids is 1. The van der Waals surface area contributed by atoms with Crippen molar-refractivity contribution < 1.29 is 22.3 Å². The molecule has 0 fully saturated rings. The van der Waals surface area contributed by atoms with Gasteiger partial charge in [0.2, 0.25) is 5.91 Å². The van der Waals surface area contributed by atoms with E-state index < -0.39 is 21.7 Å². The van der Waals surface area contributed by atoms with Gasteiger partial charge in [0, 0.05) is 16.4 Å². The third-order valence-corrected chi connectivity index (χ3v) is 5.80. The van der Waals surface area contributed by atoms with E-state index in [0.717, 1.165) is 0 Å². The molecule has 0 unspecified atom stereocenters. The third-order valence-electron chi connectivity index (χ3n) is 4.14. The summed E-state index contributed by atoms with van der Waals surface area (Å²) in [5.74, 6) is -0.874. The average Bonchev–Trinajstić information content (AvgIpc) is 2.71. The Morgan fingerprint density at radius 1 is 1.03 bits per heavy atom. The molecule has 0 atom stereocenters. The Hall–Kier alpha value is -3.10. The van der Waals surface area contributed by atoms with Gasteiger partial charge in [-0.25, -0.2) is 12.8 Å². The number of halogens is 2. The number of anilines is 2. The molecule has 2 N–H and O–H groups in total. The van der Waals surface area contributed by atoms with Gasteiger partial charge in [0.05, 0.1) is 13.5 Å². The standard InChI is InChI=1S/C21H18ClFN2O4S/c1-29-19-11-10-17(24-21(26)12-14-4-2-3-5-18(14)23)13-20(19)30(27,28)25-16-8-6-15(22)7-9-16/h2-11,13,25H,12H2,1H3,(H,24,26). The second kappa shape index (κ2) is 9.15. The molecule has 1 amide bonds. The molecule has 3 aromatic rings. The molecular weight excluding hydrogens is 431 g/mol. The van der Waals surface area contributed by atoms with Crippen molar-refractivity contribution in [1.82, 2.24) is 0 Å². The van der Waals surface area contributed by atoms with Crippen molar-refractivity contribution in [2.24, 2.45) is 0 Å². The summed E-state index contributed by atoms with van der Waals surface area (Å²) in [6.45, 7) is 0. The average molecular weight is 449 g/mol. The van der Waals surface area contributed by atoms with Crippen molar-refractivity contribution >= 4 is 38.9 Å². The molecule has 0 saturated carbocycles. The van der Waals surface area contributed by atoms with Crippen molar-refractivity contribution in [3.05, 3.63) is 83.1 Å². The van der Waals surface area contributed by atoms with Crippen LogP contribution in [0.5, 0.6) is 5.75 Å². The van der Waals surface area contributed by atoms with Crippen LogP contribution in [0.4, 0.5) is 15.8 Å². The lowest BCUT2D eigenvalue weighted by Gasteiger charge is -2.14. The van der Waals surface area contributed by atoms with E-state index in [2.05, 4.69) is 10.0 Å². The van der Waals surface area contributed by atoms with Crippen LogP contribution >= 0.6 is 11.6 Å². The molecule has 0 aliphatic rings. The molecule has 0 saturated heterocycles. The van der Waals surface area contributed by atoms with E-state index in [-0.39, 0.29) is 28.3 Å². The number of methoxy groups -OCH3 is 1. The van der Waals surface area contributed by atoms with E-state index >= 15 is 0 Å². The van der Waals surface area contributed by atoms with Gasteiger partial charge in [-0.3, -0.25) is 9.52 Å². The van der Waals surface area contributed by atoms with Gasteiger partial charge in [0.25, 0.3) is 10.0 Å². The Kier molecular flexibility index (Phi) is 6.59. The molecule has 3 aromatic carbocycles. The fourth-order valence-electron chi connectivity index (χ4n) is 2.71. The van der Waals surface area contributed by atoms with Gasteiger partial charge in [-0.05, 0) is 54.1 Å². The number of sulfonamides is 1. The zero-order chi connectivity index (χ0) is 21.7. The summed E-state index contributed by atoms with van der Waals surface area (Å²) in [6.07, 6.45) is -0.191. The number of rotatable bonds is 7. The molecule has 30 heavy (non-hydrogen) atoms. The summed E-state index contributed by atoms with van der Waals surface area (Å²) in [5.41, 5.74) is 0.782. The predicted octanol–water partition coefficient (Wildman–Crippen LogP) is 4.47. The number of hydrogen-bond acceptors (Lipinski definition) is 4. The molecule has 3 rings (SSSR count). The maximum atomic E-state index is 13.7. The number of hydrogen-bond donors (Lipinski definition) is 2. The Morgan fingerprint density at radius 3 is 2.37 bits per heavy atom. The van der Waals surface area contributed by atoms with Crippen LogP contribution in [0.15, 0.2) is 71.6 Å². The van der Waals surface area contributed by atoms with E-state index in [4.69, 9.17) is 16.3 Å². The number of benzene rings is 3. The molecule has 0 bridgehead atoms. The SMILES string of the molecule is COc1ccc(NC(=O)Cc2ccccc2F)cc1S(=O)(=O)Nc1ccc(Cl)cc1. The largest absolute Gasteiger partial charge is 0.495 e. The lowest BCUT2D eigenvalue weighted by molar-refractivity contribution is -0.115. The maximum Gasteiger partial charge on any atom is 0.265 e. The van der Waals surface area contributed by atoms with E-state index in [1.54, 1.807) is 18.2 Å². The molecule has 0 spiro atoms. The fraction of sp³-hybridized carbons (Fsp3) is 0.0952. The lowest BCUT2D eigenvalue weighted by Crippen LogP contribution is -2.17. The lowest BCUT2D eigenvalue weighted by atomic mass is 10.1. The van der Waals surface area contributed by atoms with E-state index in [0.29, 0.717) is 10.7 Å². The quantitative estimate of drug-likeness (QED) is 0.558. The summed E-state index contributed by atoms with van der Waals surface area (Å²) in [6, 6.07) is 16.3. The topological polar surface area (TPSA) is 84.5 Å².